The topological polar surface area (TPSA) is 111 Å². The van der Waals surface area contributed by atoms with Gasteiger partial charge in [0, 0.05) is 31.7 Å². The van der Waals surface area contributed by atoms with Gasteiger partial charge in [-0.2, -0.15) is 0 Å². The first-order valence-electron chi connectivity index (χ1n) is 8.06. The minimum absolute atomic E-state index is 0.0384. The number of cyclic esters (lactones) is 1. The monoisotopic (exact) mass is 367 g/mol. The zero-order valence-corrected chi connectivity index (χ0v) is 13.8. The molecule has 140 valence electrons. The normalized spacial score (nSPS) is 20.3. The molecule has 26 heavy (non-hydrogen) atoms. The highest BCUT2D eigenvalue weighted by atomic mass is 19.1. The molecule has 3 amide bonds. The third-order valence-electron chi connectivity index (χ3n) is 4.46. The molecule has 2 fully saturated rings. The van der Waals surface area contributed by atoms with Crippen LogP contribution in [-0.2, 0) is 4.74 Å². The highest BCUT2D eigenvalue weighted by molar-refractivity contribution is 5.96. The van der Waals surface area contributed by atoms with Crippen molar-refractivity contribution in [3.05, 3.63) is 29.6 Å². The van der Waals surface area contributed by atoms with E-state index in [-0.39, 0.29) is 50.6 Å². The van der Waals surface area contributed by atoms with Crippen molar-refractivity contribution in [3.63, 3.8) is 0 Å². The predicted octanol–water partition coefficient (Wildman–Crippen LogP) is 0.579. The molecule has 2 aliphatic rings. The van der Waals surface area contributed by atoms with Gasteiger partial charge in [0.15, 0.2) is 0 Å². The summed E-state index contributed by atoms with van der Waals surface area (Å²) in [7, 11) is 0. The molecule has 9 nitrogen and oxygen atoms in total. The van der Waals surface area contributed by atoms with Gasteiger partial charge in [-0.1, -0.05) is 0 Å². The van der Waals surface area contributed by atoms with Gasteiger partial charge in [0.2, 0.25) is 0 Å². The number of benzene rings is 1. The maximum Gasteiger partial charge on any atom is 0.414 e. The van der Waals surface area contributed by atoms with Gasteiger partial charge in [0.25, 0.3) is 5.91 Å². The van der Waals surface area contributed by atoms with Gasteiger partial charge in [-0.3, -0.25) is 9.69 Å². The molecule has 1 aromatic carbocycles. The van der Waals surface area contributed by atoms with E-state index in [1.165, 1.54) is 21.9 Å². The van der Waals surface area contributed by atoms with Gasteiger partial charge in [0.05, 0.1) is 18.3 Å². The number of piperazine rings is 1. The molecule has 0 spiro atoms. The van der Waals surface area contributed by atoms with Crippen molar-refractivity contribution in [3.8, 4) is 0 Å². The molecule has 0 aliphatic carbocycles. The Morgan fingerprint density at radius 2 is 1.85 bits per heavy atom. The number of hydrogen-bond donors (Lipinski definition) is 2. The van der Waals surface area contributed by atoms with E-state index in [2.05, 4.69) is 0 Å². The summed E-state index contributed by atoms with van der Waals surface area (Å²) in [6, 6.07) is 3.04. The van der Waals surface area contributed by atoms with E-state index in [0.717, 1.165) is 11.0 Å². The Hall–Kier alpha value is -2.88. The average Bonchev–Trinajstić information content (AvgIpc) is 3.01. The molecule has 2 aliphatic heterocycles. The van der Waals surface area contributed by atoms with Crippen LogP contribution in [0.15, 0.2) is 18.2 Å². The number of carboxylic acid groups (broad SMARTS) is 1. The highest BCUT2D eigenvalue weighted by Gasteiger charge is 2.35. The quantitative estimate of drug-likeness (QED) is 0.809. The van der Waals surface area contributed by atoms with Gasteiger partial charge in [-0.25, -0.2) is 14.0 Å². The minimum Gasteiger partial charge on any atom is -0.465 e. The lowest BCUT2D eigenvalue weighted by Crippen LogP contribution is -2.50. The minimum atomic E-state index is -1.04. The van der Waals surface area contributed by atoms with Crippen LogP contribution >= 0.6 is 0 Å². The molecular formula is C16H18FN3O6. The van der Waals surface area contributed by atoms with Crippen LogP contribution in [0, 0.1) is 5.82 Å². The Labute approximate surface area is 148 Å². The Balaban J connectivity index is 1.74. The third-order valence-corrected chi connectivity index (χ3v) is 4.46. The number of aliphatic hydroxyl groups is 1. The number of carbonyl (C=O) groups excluding carboxylic acids is 2. The molecule has 3 rings (SSSR count). The largest absolute Gasteiger partial charge is 0.465 e. The zero-order chi connectivity index (χ0) is 18.8. The Kier molecular flexibility index (Phi) is 4.94. The molecule has 10 heteroatoms. The van der Waals surface area contributed by atoms with E-state index >= 15 is 0 Å². The van der Waals surface area contributed by atoms with Crippen LogP contribution in [0.1, 0.15) is 10.4 Å². The number of rotatable bonds is 3. The summed E-state index contributed by atoms with van der Waals surface area (Å²) in [4.78, 5) is 38.8. The van der Waals surface area contributed by atoms with Gasteiger partial charge in [0.1, 0.15) is 12.4 Å². The molecular weight excluding hydrogens is 349 g/mol. The number of carbonyl (C=O) groups is 3. The first-order valence-corrected chi connectivity index (χ1v) is 8.06. The number of halogens is 1. The number of ether oxygens (including phenoxy) is 1. The van der Waals surface area contributed by atoms with Crippen molar-refractivity contribution in [2.75, 3.05) is 44.3 Å². The van der Waals surface area contributed by atoms with Gasteiger partial charge in [-0.05, 0) is 18.2 Å². The number of anilines is 1. The van der Waals surface area contributed by atoms with Crippen LogP contribution in [-0.4, -0.2) is 83.5 Å². The van der Waals surface area contributed by atoms with E-state index in [9.17, 15) is 23.9 Å². The van der Waals surface area contributed by atoms with E-state index in [1.807, 2.05) is 0 Å². The number of amides is 3. The summed E-state index contributed by atoms with van der Waals surface area (Å²) < 4.78 is 19.3. The lowest BCUT2D eigenvalue weighted by Gasteiger charge is -2.33. The van der Waals surface area contributed by atoms with Gasteiger partial charge < -0.3 is 24.7 Å². The van der Waals surface area contributed by atoms with Crippen molar-refractivity contribution in [2.24, 2.45) is 0 Å². The summed E-state index contributed by atoms with van der Waals surface area (Å²) in [6.45, 7) is 0.418. The molecule has 0 saturated carbocycles. The SMILES string of the molecule is O=C(O)N1CCN(C(=O)c2ccc(N3C(=O)OC[C@H]3CO)c(F)c2)CC1. The standard InChI is InChI=1S/C16H18FN3O6/c17-12-7-10(14(22)18-3-5-19(6-4-18)15(23)24)1-2-13(12)20-11(8-21)9-26-16(20)25/h1-2,7,11,21H,3-6,8-9H2,(H,23,24)/t11-/m1/s1. The fraction of sp³-hybridized carbons (Fsp3) is 0.438. The maximum absolute atomic E-state index is 14.5. The Morgan fingerprint density at radius 1 is 1.19 bits per heavy atom. The van der Waals surface area contributed by atoms with Crippen molar-refractivity contribution < 1.29 is 33.7 Å². The second kappa shape index (κ2) is 7.16. The second-order valence-corrected chi connectivity index (χ2v) is 6.01. The molecule has 0 unspecified atom stereocenters. The fourth-order valence-electron chi connectivity index (χ4n) is 3.01. The molecule has 2 N–H and O–H groups in total. The average molecular weight is 367 g/mol. The van der Waals surface area contributed by atoms with Crippen LogP contribution in [0.25, 0.3) is 0 Å². The molecule has 0 radical (unpaired) electrons. The Morgan fingerprint density at radius 3 is 2.42 bits per heavy atom. The first kappa shape index (κ1) is 17.9. The van der Waals surface area contributed by atoms with E-state index in [4.69, 9.17) is 9.84 Å². The Bertz CT molecular complexity index is 735. The lowest BCUT2D eigenvalue weighted by atomic mass is 10.1. The van der Waals surface area contributed by atoms with Crippen LogP contribution in [0.4, 0.5) is 19.7 Å². The van der Waals surface area contributed by atoms with Gasteiger partial charge >= 0.3 is 12.2 Å². The smallest absolute Gasteiger partial charge is 0.414 e. The fourth-order valence-corrected chi connectivity index (χ4v) is 3.01. The van der Waals surface area contributed by atoms with E-state index in [0.29, 0.717) is 0 Å². The number of hydrogen-bond acceptors (Lipinski definition) is 5. The highest BCUT2D eigenvalue weighted by Crippen LogP contribution is 2.27. The predicted molar refractivity (Wildman–Crippen MR) is 86.6 cm³/mol. The summed E-state index contributed by atoms with van der Waals surface area (Å²) in [5.74, 6) is -1.19. The molecule has 2 heterocycles. The molecule has 2 saturated heterocycles. The van der Waals surface area contributed by atoms with Crippen LogP contribution in [0.3, 0.4) is 0 Å². The van der Waals surface area contributed by atoms with Crippen LogP contribution < -0.4 is 4.90 Å². The summed E-state index contributed by atoms with van der Waals surface area (Å²) >= 11 is 0. The van der Waals surface area contributed by atoms with Crippen molar-refractivity contribution in [1.29, 1.82) is 0 Å². The number of aliphatic hydroxyl groups excluding tert-OH is 1. The lowest BCUT2D eigenvalue weighted by molar-refractivity contribution is 0.0624. The maximum atomic E-state index is 14.5. The van der Waals surface area contributed by atoms with Crippen molar-refractivity contribution in [1.82, 2.24) is 9.80 Å². The van der Waals surface area contributed by atoms with Gasteiger partial charge in [-0.15, -0.1) is 0 Å². The van der Waals surface area contributed by atoms with E-state index < -0.39 is 30.0 Å². The summed E-state index contributed by atoms with van der Waals surface area (Å²) in [5.41, 5.74) is 0.0296. The summed E-state index contributed by atoms with van der Waals surface area (Å²) in [5, 5.41) is 18.2. The molecule has 1 aromatic rings. The third kappa shape index (κ3) is 3.27. The molecule has 1 atom stereocenters. The van der Waals surface area contributed by atoms with E-state index in [1.54, 1.807) is 0 Å². The van der Waals surface area contributed by atoms with Crippen molar-refractivity contribution >= 4 is 23.8 Å². The second-order valence-electron chi connectivity index (χ2n) is 6.01. The summed E-state index contributed by atoms with van der Waals surface area (Å²) in [6.07, 6.45) is -1.80. The molecule has 0 aromatic heterocycles. The van der Waals surface area contributed by atoms with Crippen LogP contribution in [0.5, 0.6) is 0 Å². The zero-order valence-electron chi connectivity index (χ0n) is 13.8. The van der Waals surface area contributed by atoms with Crippen molar-refractivity contribution in [2.45, 2.75) is 6.04 Å². The molecule has 0 bridgehead atoms. The number of nitrogens with zero attached hydrogens (tertiary/aromatic N) is 3. The first-order chi connectivity index (χ1) is 12.4. The van der Waals surface area contributed by atoms with Crippen LogP contribution in [0.2, 0.25) is 0 Å².